The molecule has 0 radical (unpaired) electrons. The van der Waals surface area contributed by atoms with Crippen LogP contribution in [0.2, 0.25) is 0 Å². The molecule has 0 spiro atoms. The Kier molecular flexibility index (Phi) is 5.55. The lowest BCUT2D eigenvalue weighted by molar-refractivity contribution is -0.141. The third-order valence-electron chi connectivity index (χ3n) is 3.81. The van der Waals surface area contributed by atoms with Gasteiger partial charge in [-0.3, -0.25) is 4.79 Å². The molecule has 1 amide bonds. The normalized spacial score (nSPS) is 17.9. The van der Waals surface area contributed by atoms with Crippen LogP contribution in [-0.2, 0) is 20.9 Å². The first-order valence-corrected chi connectivity index (χ1v) is 8.03. The number of nitrogens with zero attached hydrogens (tertiary/aromatic N) is 3. The van der Waals surface area contributed by atoms with E-state index in [1.54, 1.807) is 11.8 Å². The molecule has 3 rings (SSSR count). The molecule has 1 saturated heterocycles. The molecular formula is C17H21N3O4. The second-order valence-electron chi connectivity index (χ2n) is 5.65. The Morgan fingerprint density at radius 1 is 1.33 bits per heavy atom. The summed E-state index contributed by atoms with van der Waals surface area (Å²) in [7, 11) is 0. The fraction of sp³-hybridized carbons (Fsp3) is 0.471. The number of morpholine rings is 1. The maximum Gasteiger partial charge on any atom is 0.246 e. The lowest BCUT2D eigenvalue weighted by atomic mass is 10.2. The number of aromatic nitrogens is 2. The standard InChI is InChI=1S/C17H21N3O4/c1-13-18-19-17(24-13)15-11-20(8-10-23-15)16(21)7-9-22-12-14-5-3-2-4-6-14/h2-6,15H,7-12H2,1H3/t15-/m1/s1. The summed E-state index contributed by atoms with van der Waals surface area (Å²) in [5, 5.41) is 7.77. The van der Waals surface area contributed by atoms with Gasteiger partial charge >= 0.3 is 0 Å². The third kappa shape index (κ3) is 4.39. The number of benzene rings is 1. The summed E-state index contributed by atoms with van der Waals surface area (Å²) in [5.41, 5.74) is 1.10. The van der Waals surface area contributed by atoms with Crippen molar-refractivity contribution in [1.29, 1.82) is 0 Å². The van der Waals surface area contributed by atoms with E-state index in [1.165, 1.54) is 0 Å². The van der Waals surface area contributed by atoms with Crippen LogP contribution in [0.25, 0.3) is 0 Å². The van der Waals surface area contributed by atoms with Crippen molar-refractivity contribution >= 4 is 5.91 Å². The van der Waals surface area contributed by atoms with Gasteiger partial charge in [-0.15, -0.1) is 10.2 Å². The van der Waals surface area contributed by atoms with Gasteiger partial charge in [0, 0.05) is 13.5 Å². The molecule has 0 bridgehead atoms. The number of hydrogen-bond donors (Lipinski definition) is 0. The minimum Gasteiger partial charge on any atom is -0.423 e. The zero-order valence-electron chi connectivity index (χ0n) is 13.7. The molecule has 1 aromatic carbocycles. The Morgan fingerprint density at radius 3 is 2.92 bits per heavy atom. The molecule has 1 aromatic heterocycles. The largest absolute Gasteiger partial charge is 0.423 e. The monoisotopic (exact) mass is 331 g/mol. The predicted molar refractivity (Wildman–Crippen MR) is 85.0 cm³/mol. The van der Waals surface area contributed by atoms with Gasteiger partial charge in [0.2, 0.25) is 17.7 Å². The highest BCUT2D eigenvalue weighted by Gasteiger charge is 2.28. The first-order chi connectivity index (χ1) is 11.7. The van der Waals surface area contributed by atoms with Crippen LogP contribution >= 0.6 is 0 Å². The van der Waals surface area contributed by atoms with E-state index in [9.17, 15) is 4.79 Å². The van der Waals surface area contributed by atoms with Crippen molar-refractivity contribution in [1.82, 2.24) is 15.1 Å². The molecule has 2 heterocycles. The van der Waals surface area contributed by atoms with Gasteiger partial charge in [0.05, 0.1) is 32.8 Å². The summed E-state index contributed by atoms with van der Waals surface area (Å²) in [5.74, 6) is 0.962. The van der Waals surface area contributed by atoms with Crippen molar-refractivity contribution in [3.63, 3.8) is 0 Å². The second kappa shape index (κ2) is 8.03. The Labute approximate surface area is 140 Å². The number of amides is 1. The average molecular weight is 331 g/mol. The maximum atomic E-state index is 12.3. The lowest BCUT2D eigenvalue weighted by Gasteiger charge is -2.31. The highest BCUT2D eigenvalue weighted by Crippen LogP contribution is 2.21. The molecule has 1 aliphatic rings. The molecule has 128 valence electrons. The number of ether oxygens (including phenoxy) is 2. The first-order valence-electron chi connectivity index (χ1n) is 8.03. The summed E-state index contributed by atoms with van der Waals surface area (Å²) in [6.07, 6.45) is -0.00303. The van der Waals surface area contributed by atoms with Crippen LogP contribution in [0.3, 0.4) is 0 Å². The number of rotatable bonds is 6. The van der Waals surface area contributed by atoms with E-state index in [0.29, 0.717) is 51.1 Å². The number of carbonyl (C=O) groups is 1. The first kappa shape index (κ1) is 16.6. The van der Waals surface area contributed by atoms with Gasteiger partial charge in [-0.1, -0.05) is 30.3 Å². The molecular weight excluding hydrogens is 310 g/mol. The molecule has 7 nitrogen and oxygen atoms in total. The zero-order chi connectivity index (χ0) is 16.8. The number of hydrogen-bond acceptors (Lipinski definition) is 6. The summed E-state index contributed by atoms with van der Waals surface area (Å²) in [6, 6.07) is 9.90. The van der Waals surface area contributed by atoms with Gasteiger partial charge in [-0.2, -0.15) is 0 Å². The molecule has 0 saturated carbocycles. The third-order valence-corrected chi connectivity index (χ3v) is 3.81. The minimum absolute atomic E-state index is 0.0487. The van der Waals surface area contributed by atoms with Crippen molar-refractivity contribution < 1.29 is 18.7 Å². The Balaban J connectivity index is 1.43. The molecule has 24 heavy (non-hydrogen) atoms. The number of aryl methyl sites for hydroxylation is 1. The van der Waals surface area contributed by atoms with Gasteiger partial charge in [-0.25, -0.2) is 0 Å². The highest BCUT2D eigenvalue weighted by atomic mass is 16.5. The summed E-state index contributed by atoms with van der Waals surface area (Å²) >= 11 is 0. The van der Waals surface area contributed by atoms with Crippen molar-refractivity contribution in [3.05, 3.63) is 47.7 Å². The molecule has 0 N–H and O–H groups in total. The summed E-state index contributed by atoms with van der Waals surface area (Å²) in [6.45, 7) is 4.10. The fourth-order valence-corrected chi connectivity index (χ4v) is 2.55. The van der Waals surface area contributed by atoms with E-state index in [0.717, 1.165) is 5.56 Å². The van der Waals surface area contributed by atoms with Gasteiger partial charge in [0.15, 0.2) is 6.10 Å². The predicted octanol–water partition coefficient (Wildman–Crippen LogP) is 1.88. The van der Waals surface area contributed by atoms with E-state index < -0.39 is 0 Å². The molecule has 1 atom stereocenters. The van der Waals surface area contributed by atoms with Gasteiger partial charge in [0.25, 0.3) is 0 Å². The van der Waals surface area contributed by atoms with E-state index in [-0.39, 0.29) is 12.0 Å². The van der Waals surface area contributed by atoms with Gasteiger partial charge in [0.1, 0.15) is 0 Å². The Bertz CT molecular complexity index is 659. The fourth-order valence-electron chi connectivity index (χ4n) is 2.55. The Morgan fingerprint density at radius 2 is 2.17 bits per heavy atom. The van der Waals surface area contributed by atoms with Crippen LogP contribution in [0.1, 0.15) is 29.9 Å². The SMILES string of the molecule is Cc1nnc([C@H]2CN(C(=O)CCOCc3ccccc3)CCO2)o1. The molecule has 2 aromatic rings. The van der Waals surface area contributed by atoms with Crippen LogP contribution in [0.5, 0.6) is 0 Å². The molecule has 0 unspecified atom stereocenters. The minimum atomic E-state index is -0.353. The molecule has 1 aliphatic heterocycles. The van der Waals surface area contributed by atoms with Crippen LogP contribution in [0.4, 0.5) is 0 Å². The summed E-state index contributed by atoms with van der Waals surface area (Å²) < 4.78 is 16.6. The van der Waals surface area contributed by atoms with E-state index >= 15 is 0 Å². The zero-order valence-corrected chi connectivity index (χ0v) is 13.7. The van der Waals surface area contributed by atoms with Crippen molar-refractivity contribution in [2.75, 3.05) is 26.3 Å². The topological polar surface area (TPSA) is 77.7 Å². The summed E-state index contributed by atoms with van der Waals surface area (Å²) in [4.78, 5) is 14.1. The quantitative estimate of drug-likeness (QED) is 0.752. The van der Waals surface area contributed by atoms with Gasteiger partial charge < -0.3 is 18.8 Å². The van der Waals surface area contributed by atoms with E-state index in [1.807, 2.05) is 30.3 Å². The van der Waals surface area contributed by atoms with Crippen LogP contribution in [0.15, 0.2) is 34.7 Å². The highest BCUT2D eigenvalue weighted by molar-refractivity contribution is 5.76. The van der Waals surface area contributed by atoms with Crippen LogP contribution in [-0.4, -0.2) is 47.3 Å². The van der Waals surface area contributed by atoms with Crippen molar-refractivity contribution in [3.8, 4) is 0 Å². The van der Waals surface area contributed by atoms with Crippen LogP contribution in [0, 0.1) is 6.92 Å². The molecule has 1 fully saturated rings. The van der Waals surface area contributed by atoms with Crippen molar-refractivity contribution in [2.45, 2.75) is 26.1 Å². The van der Waals surface area contributed by atoms with Crippen molar-refractivity contribution in [2.24, 2.45) is 0 Å². The molecule has 7 heteroatoms. The van der Waals surface area contributed by atoms with E-state index in [2.05, 4.69) is 10.2 Å². The Hall–Kier alpha value is -2.25. The average Bonchev–Trinajstić information content (AvgIpc) is 3.06. The molecule has 0 aliphatic carbocycles. The number of carbonyl (C=O) groups excluding carboxylic acids is 1. The smallest absolute Gasteiger partial charge is 0.246 e. The maximum absolute atomic E-state index is 12.3. The van der Waals surface area contributed by atoms with Crippen LogP contribution < -0.4 is 0 Å². The second-order valence-corrected chi connectivity index (χ2v) is 5.65. The lowest BCUT2D eigenvalue weighted by Crippen LogP contribution is -2.42. The van der Waals surface area contributed by atoms with E-state index in [4.69, 9.17) is 13.9 Å². The van der Waals surface area contributed by atoms with Gasteiger partial charge in [-0.05, 0) is 5.56 Å².